The molecule has 3 fully saturated rings. The fourth-order valence-electron chi connectivity index (χ4n) is 6.60. The Balaban J connectivity index is 1.30. The number of aryl methyl sites for hydroxylation is 1. The molecule has 0 bridgehead atoms. The molecule has 0 unspecified atom stereocenters. The van der Waals surface area contributed by atoms with E-state index in [0.29, 0.717) is 31.5 Å². The van der Waals surface area contributed by atoms with Crippen LogP contribution < -0.4 is 9.47 Å². The molecular formula is C28H30F5N3O2. The molecule has 0 amide bonds. The number of nitrogens with one attached hydrogen (secondary N) is 1. The van der Waals surface area contributed by atoms with E-state index in [0.717, 1.165) is 27.8 Å². The van der Waals surface area contributed by atoms with Gasteiger partial charge in [-0.25, -0.2) is 26.9 Å². The average Bonchev–Trinajstić information content (AvgIpc) is 3.31. The van der Waals surface area contributed by atoms with E-state index in [1.54, 1.807) is 7.11 Å². The van der Waals surface area contributed by atoms with Crippen molar-refractivity contribution in [2.75, 3.05) is 13.7 Å². The molecule has 5 nitrogen and oxygen atoms in total. The van der Waals surface area contributed by atoms with E-state index >= 15 is 4.39 Å². The summed E-state index contributed by atoms with van der Waals surface area (Å²) in [5.74, 6) is -5.77. The van der Waals surface area contributed by atoms with Crippen LogP contribution >= 0.6 is 0 Å². The molecule has 0 radical (unpaired) electrons. The molecule has 2 aliphatic carbocycles. The minimum absolute atomic E-state index is 0.173. The predicted octanol–water partition coefficient (Wildman–Crippen LogP) is 6.95. The largest absolute Gasteiger partial charge is 0.496 e. The maximum absolute atomic E-state index is 15.1. The van der Waals surface area contributed by atoms with Gasteiger partial charge in [-0.15, -0.1) is 0 Å². The van der Waals surface area contributed by atoms with E-state index in [2.05, 4.69) is 14.9 Å². The number of hydrogen-bond acceptors (Lipinski definition) is 4. The molecule has 3 aromatic rings. The number of hydrogen-bond donors (Lipinski definition) is 1. The van der Waals surface area contributed by atoms with Gasteiger partial charge in [0.05, 0.1) is 7.11 Å². The lowest BCUT2D eigenvalue weighted by molar-refractivity contribution is -0.186. The zero-order valence-corrected chi connectivity index (χ0v) is 21.3. The highest BCUT2D eigenvalue weighted by Crippen LogP contribution is 2.60. The third-order valence-corrected chi connectivity index (χ3v) is 8.50. The second kappa shape index (κ2) is 8.83. The van der Waals surface area contributed by atoms with E-state index in [-0.39, 0.29) is 24.8 Å². The normalized spacial score (nSPS) is 24.2. The minimum atomic E-state index is -2.79. The van der Waals surface area contributed by atoms with Gasteiger partial charge in [0.15, 0.2) is 5.82 Å². The summed E-state index contributed by atoms with van der Waals surface area (Å²) >= 11 is 0. The zero-order chi connectivity index (χ0) is 26.9. The number of H-pyrrole nitrogens is 1. The van der Waals surface area contributed by atoms with Crippen molar-refractivity contribution in [1.82, 2.24) is 14.9 Å². The quantitative estimate of drug-likeness (QED) is 0.347. The van der Waals surface area contributed by atoms with Gasteiger partial charge in [0.25, 0.3) is 11.8 Å². The van der Waals surface area contributed by atoms with Gasteiger partial charge in [-0.3, -0.25) is 4.90 Å². The molecule has 1 atom stereocenters. The molecule has 1 spiro atoms. The van der Waals surface area contributed by atoms with Gasteiger partial charge >= 0.3 is 0 Å². The first-order chi connectivity index (χ1) is 18.0. The molecule has 3 heterocycles. The first kappa shape index (κ1) is 25.4. The van der Waals surface area contributed by atoms with Crippen LogP contribution in [0.2, 0.25) is 0 Å². The Morgan fingerprint density at radius 1 is 1.11 bits per heavy atom. The molecule has 2 aromatic heterocycles. The number of aromatic nitrogens is 2. The molecular weight excluding hydrogens is 505 g/mol. The lowest BCUT2D eigenvalue weighted by atomic mass is 9.59. The maximum Gasteiger partial charge on any atom is 0.255 e. The standard InChI is InChI=1S/C28H30F5N3O2/c1-16-7-23(37-2)20(19-3-5-34-24(16)19)13-36-6-4-26(14-28(32,33)15-26)11-22(36)17-8-21(29)25(35-12-17)38-18-9-27(30,31)10-18/h3,5,7-8,12,18,22,34H,4,6,9-11,13-15H2,1-2H3/t22-/m1/s1. The van der Waals surface area contributed by atoms with Gasteiger partial charge in [0.1, 0.15) is 11.9 Å². The molecule has 1 saturated heterocycles. The Bertz CT molecular complexity index is 1360. The van der Waals surface area contributed by atoms with Crippen LogP contribution in [0.3, 0.4) is 0 Å². The number of rotatable bonds is 6. The van der Waals surface area contributed by atoms with Crippen molar-refractivity contribution in [3.63, 3.8) is 0 Å². The Morgan fingerprint density at radius 3 is 2.53 bits per heavy atom. The monoisotopic (exact) mass is 535 g/mol. The molecule has 38 heavy (non-hydrogen) atoms. The summed E-state index contributed by atoms with van der Waals surface area (Å²) in [7, 11) is 1.62. The third-order valence-electron chi connectivity index (χ3n) is 8.50. The van der Waals surface area contributed by atoms with E-state index in [1.807, 2.05) is 25.3 Å². The third kappa shape index (κ3) is 4.50. The van der Waals surface area contributed by atoms with Crippen LogP contribution in [-0.4, -0.2) is 46.5 Å². The van der Waals surface area contributed by atoms with Crippen LogP contribution in [-0.2, 0) is 6.54 Å². The molecule has 204 valence electrons. The van der Waals surface area contributed by atoms with Crippen LogP contribution in [0, 0.1) is 18.2 Å². The highest BCUT2D eigenvalue weighted by atomic mass is 19.3. The second-order valence-corrected chi connectivity index (χ2v) is 11.4. The van der Waals surface area contributed by atoms with Crippen molar-refractivity contribution in [2.45, 2.75) is 76.0 Å². The number of likely N-dealkylation sites (tertiary alicyclic amines) is 1. The van der Waals surface area contributed by atoms with Crippen LogP contribution in [0.4, 0.5) is 22.0 Å². The SMILES string of the molecule is COc1cc(C)c2[nH]ccc2c1CN1CCC2(C[C@@H]1c1cnc(OC3CC(F)(F)C3)c(F)c1)CC(F)(F)C2. The van der Waals surface area contributed by atoms with Gasteiger partial charge in [0, 0.05) is 67.1 Å². The van der Waals surface area contributed by atoms with Crippen molar-refractivity contribution in [2.24, 2.45) is 5.41 Å². The predicted molar refractivity (Wildman–Crippen MR) is 131 cm³/mol. The molecule has 1 N–H and O–H groups in total. The Labute approximate surface area is 217 Å². The lowest BCUT2D eigenvalue weighted by Gasteiger charge is -2.54. The minimum Gasteiger partial charge on any atom is -0.496 e. The summed E-state index contributed by atoms with van der Waals surface area (Å²) in [6.07, 6.45) is 2.38. The smallest absolute Gasteiger partial charge is 0.255 e. The van der Waals surface area contributed by atoms with Gasteiger partial charge in [-0.2, -0.15) is 0 Å². The van der Waals surface area contributed by atoms with E-state index in [9.17, 15) is 17.6 Å². The van der Waals surface area contributed by atoms with E-state index in [1.165, 1.54) is 12.3 Å². The van der Waals surface area contributed by atoms with Gasteiger partial charge in [0.2, 0.25) is 5.92 Å². The van der Waals surface area contributed by atoms with Gasteiger partial charge in [-0.05, 0) is 61.1 Å². The highest BCUT2D eigenvalue weighted by Gasteiger charge is 2.58. The number of nitrogens with zero attached hydrogens (tertiary/aromatic N) is 2. The van der Waals surface area contributed by atoms with Crippen LogP contribution in [0.5, 0.6) is 11.6 Å². The number of halogens is 5. The first-order valence-electron chi connectivity index (χ1n) is 12.9. The average molecular weight is 536 g/mol. The number of methoxy groups -OCH3 is 1. The van der Waals surface area contributed by atoms with Crippen molar-refractivity contribution in [3.05, 3.63) is 53.1 Å². The molecule has 2 saturated carbocycles. The maximum atomic E-state index is 15.1. The molecule has 1 aliphatic heterocycles. The molecule has 3 aliphatic rings. The highest BCUT2D eigenvalue weighted by molar-refractivity contribution is 5.88. The Kier molecular flexibility index (Phi) is 5.90. The fraction of sp³-hybridized carbons (Fsp3) is 0.536. The van der Waals surface area contributed by atoms with Crippen molar-refractivity contribution >= 4 is 10.9 Å². The van der Waals surface area contributed by atoms with Crippen molar-refractivity contribution < 1.29 is 31.4 Å². The summed E-state index contributed by atoms with van der Waals surface area (Å²) < 4.78 is 80.4. The summed E-state index contributed by atoms with van der Waals surface area (Å²) in [6.45, 7) is 3.03. The number of aromatic amines is 1. The van der Waals surface area contributed by atoms with Crippen LogP contribution in [0.25, 0.3) is 10.9 Å². The molecule has 6 rings (SSSR count). The summed E-state index contributed by atoms with van der Waals surface area (Å²) in [5, 5.41) is 1.02. The summed E-state index contributed by atoms with van der Waals surface area (Å²) in [6, 6.07) is 4.91. The second-order valence-electron chi connectivity index (χ2n) is 11.4. The van der Waals surface area contributed by atoms with Crippen LogP contribution in [0.1, 0.15) is 61.3 Å². The number of pyridine rings is 1. The van der Waals surface area contributed by atoms with E-state index < -0.39 is 42.0 Å². The van der Waals surface area contributed by atoms with Crippen molar-refractivity contribution in [1.29, 1.82) is 0 Å². The number of piperidine rings is 1. The number of ether oxygens (including phenoxy) is 2. The van der Waals surface area contributed by atoms with Gasteiger partial charge in [-0.1, -0.05) is 0 Å². The summed E-state index contributed by atoms with van der Waals surface area (Å²) in [4.78, 5) is 9.56. The number of alkyl halides is 4. The topological polar surface area (TPSA) is 50.4 Å². The van der Waals surface area contributed by atoms with Crippen LogP contribution in [0.15, 0.2) is 30.6 Å². The van der Waals surface area contributed by atoms with E-state index in [4.69, 9.17) is 9.47 Å². The van der Waals surface area contributed by atoms with Gasteiger partial charge < -0.3 is 14.5 Å². The summed E-state index contributed by atoms with van der Waals surface area (Å²) in [5.41, 5.74) is 3.06. The first-order valence-corrected chi connectivity index (χ1v) is 12.9. The Hall–Kier alpha value is -2.88. The Morgan fingerprint density at radius 2 is 1.87 bits per heavy atom. The van der Waals surface area contributed by atoms with Crippen molar-refractivity contribution in [3.8, 4) is 11.6 Å². The zero-order valence-electron chi connectivity index (χ0n) is 21.3. The number of benzene rings is 1. The number of fused-ring (bicyclic) bond motifs is 1. The molecule has 10 heteroatoms. The fourth-order valence-corrected chi connectivity index (χ4v) is 6.60. The molecule has 1 aromatic carbocycles. The lowest BCUT2D eigenvalue weighted by Crippen LogP contribution is -2.53.